The molecule has 1 saturated heterocycles. The SMILES string of the molecule is C#C[C@@H]1[C@@H](COCCN(C)C)C[C@@H](C(=O)Nc2nc(Br)ccc2C)N1C(=O)Cn1nc(C(C)=O)c2cc(-c3cnc(C)nc3)ccc21. The van der Waals surface area contributed by atoms with E-state index in [0.29, 0.717) is 40.2 Å². The Morgan fingerprint density at radius 3 is 2.55 bits per heavy atom. The van der Waals surface area contributed by atoms with Gasteiger partial charge in [-0.05, 0) is 79.6 Å². The minimum atomic E-state index is -0.881. The second kappa shape index (κ2) is 14.5. The van der Waals surface area contributed by atoms with E-state index in [1.807, 2.05) is 50.2 Å². The Hall–Kier alpha value is -4.51. The van der Waals surface area contributed by atoms with Crippen molar-refractivity contribution in [3.63, 3.8) is 0 Å². The number of aromatic nitrogens is 5. The van der Waals surface area contributed by atoms with Gasteiger partial charge in [-0.1, -0.05) is 18.1 Å². The maximum atomic E-state index is 14.2. The van der Waals surface area contributed by atoms with Crippen LogP contribution < -0.4 is 5.32 Å². The summed E-state index contributed by atoms with van der Waals surface area (Å²) in [4.78, 5) is 57.1. The van der Waals surface area contributed by atoms with Crippen LogP contribution in [0.4, 0.5) is 5.82 Å². The Bertz CT molecular complexity index is 1850. The van der Waals surface area contributed by atoms with Gasteiger partial charge in [0.2, 0.25) is 11.8 Å². The fraction of sp³-hybridized carbons (Fsp3) is 0.382. The third-order valence-electron chi connectivity index (χ3n) is 8.17. The van der Waals surface area contributed by atoms with Crippen molar-refractivity contribution in [2.75, 3.05) is 39.2 Å². The number of halogens is 1. The fourth-order valence-corrected chi connectivity index (χ4v) is 6.00. The monoisotopic (exact) mass is 700 g/mol. The van der Waals surface area contributed by atoms with Crippen molar-refractivity contribution in [3.05, 3.63) is 64.4 Å². The molecule has 0 spiro atoms. The van der Waals surface area contributed by atoms with Crippen LogP contribution in [0, 0.1) is 32.1 Å². The molecule has 1 fully saturated rings. The van der Waals surface area contributed by atoms with E-state index in [0.717, 1.165) is 23.2 Å². The van der Waals surface area contributed by atoms with Crippen LogP contribution in [0.1, 0.15) is 35.2 Å². The highest BCUT2D eigenvalue weighted by Crippen LogP contribution is 2.33. The highest BCUT2D eigenvalue weighted by Gasteiger charge is 2.46. The minimum Gasteiger partial charge on any atom is -0.380 e. The molecular weight excluding hydrogens is 664 g/mol. The van der Waals surface area contributed by atoms with E-state index in [1.165, 1.54) is 16.5 Å². The maximum absolute atomic E-state index is 14.2. The molecule has 3 atom stereocenters. The number of pyridine rings is 1. The number of anilines is 1. The van der Waals surface area contributed by atoms with Crippen LogP contribution in [0.3, 0.4) is 0 Å². The quantitative estimate of drug-likeness (QED) is 0.107. The lowest BCUT2D eigenvalue weighted by Gasteiger charge is -2.28. The molecule has 2 amide bonds. The Kier molecular flexibility index (Phi) is 10.4. The molecule has 1 aliphatic rings. The number of amides is 2. The van der Waals surface area contributed by atoms with Crippen LogP contribution in [0.15, 0.2) is 47.3 Å². The van der Waals surface area contributed by atoms with Crippen LogP contribution in [0.2, 0.25) is 0 Å². The van der Waals surface area contributed by atoms with Crippen molar-refractivity contribution in [1.82, 2.24) is 34.5 Å². The average Bonchev–Trinajstić information content (AvgIpc) is 3.59. The first-order valence-electron chi connectivity index (χ1n) is 15.2. The van der Waals surface area contributed by atoms with Crippen molar-refractivity contribution in [1.29, 1.82) is 0 Å². The summed E-state index contributed by atoms with van der Waals surface area (Å²) in [6, 6.07) is 7.57. The van der Waals surface area contributed by atoms with Crippen LogP contribution in [0.5, 0.6) is 0 Å². The van der Waals surface area contributed by atoms with E-state index in [9.17, 15) is 14.4 Å². The lowest BCUT2D eigenvalue weighted by molar-refractivity contribution is -0.138. The highest BCUT2D eigenvalue weighted by molar-refractivity contribution is 9.10. The molecule has 4 heterocycles. The molecule has 244 valence electrons. The van der Waals surface area contributed by atoms with E-state index in [4.69, 9.17) is 11.2 Å². The van der Waals surface area contributed by atoms with E-state index in [2.05, 4.69) is 47.2 Å². The average molecular weight is 702 g/mol. The second-order valence-corrected chi connectivity index (χ2v) is 12.7. The molecule has 1 aromatic carbocycles. The van der Waals surface area contributed by atoms with E-state index < -0.39 is 23.9 Å². The molecule has 1 aliphatic heterocycles. The third-order valence-corrected chi connectivity index (χ3v) is 8.61. The Morgan fingerprint density at radius 2 is 1.87 bits per heavy atom. The molecule has 1 N–H and O–H groups in total. The van der Waals surface area contributed by atoms with Crippen LogP contribution >= 0.6 is 15.9 Å². The number of hydrogen-bond donors (Lipinski definition) is 1. The molecule has 47 heavy (non-hydrogen) atoms. The number of nitrogens with one attached hydrogen (secondary N) is 1. The number of carbonyl (C=O) groups is 3. The second-order valence-electron chi connectivity index (χ2n) is 11.9. The normalized spacial score (nSPS) is 17.7. The number of Topliss-reactive ketones (excluding diaryl/α,β-unsaturated/α-hetero) is 1. The number of aryl methyl sites for hydroxylation is 2. The number of likely N-dealkylation sites (tertiary alicyclic amines) is 1. The predicted molar refractivity (Wildman–Crippen MR) is 182 cm³/mol. The molecule has 4 aromatic rings. The zero-order valence-corrected chi connectivity index (χ0v) is 28.6. The summed E-state index contributed by atoms with van der Waals surface area (Å²) in [5.41, 5.74) is 3.19. The predicted octanol–water partition coefficient (Wildman–Crippen LogP) is 3.91. The van der Waals surface area contributed by atoms with Gasteiger partial charge in [-0.15, -0.1) is 6.42 Å². The number of rotatable bonds is 11. The lowest BCUT2D eigenvalue weighted by atomic mass is 10.0. The summed E-state index contributed by atoms with van der Waals surface area (Å²) in [7, 11) is 3.91. The Labute approximate surface area is 282 Å². The summed E-state index contributed by atoms with van der Waals surface area (Å²) in [6.07, 6.45) is 9.78. The number of ketones is 1. The van der Waals surface area contributed by atoms with Gasteiger partial charge in [0, 0.05) is 42.7 Å². The summed E-state index contributed by atoms with van der Waals surface area (Å²) in [5, 5.41) is 8.04. The van der Waals surface area contributed by atoms with Gasteiger partial charge in [-0.25, -0.2) is 15.0 Å². The van der Waals surface area contributed by atoms with E-state index in [1.54, 1.807) is 25.4 Å². The van der Waals surface area contributed by atoms with Gasteiger partial charge in [0.1, 0.15) is 34.5 Å². The molecule has 0 unspecified atom stereocenters. The van der Waals surface area contributed by atoms with Crippen molar-refractivity contribution >= 4 is 50.2 Å². The van der Waals surface area contributed by atoms with Crippen LogP contribution in [-0.2, 0) is 20.9 Å². The lowest BCUT2D eigenvalue weighted by Crippen LogP contribution is -2.48. The number of nitrogens with zero attached hydrogens (tertiary/aromatic N) is 7. The van der Waals surface area contributed by atoms with Crippen LogP contribution in [-0.4, -0.2) is 98.1 Å². The van der Waals surface area contributed by atoms with Gasteiger partial charge < -0.3 is 19.9 Å². The first-order chi connectivity index (χ1) is 22.5. The van der Waals surface area contributed by atoms with Gasteiger partial charge in [0.25, 0.3) is 0 Å². The number of carbonyl (C=O) groups excluding carboxylic acids is 3. The first-order valence-corrected chi connectivity index (χ1v) is 16.0. The van der Waals surface area contributed by atoms with E-state index in [-0.39, 0.29) is 30.5 Å². The molecular formula is C34H37BrN8O4. The standard InChI is InChI=1S/C34H37BrN8O4/c1-7-27-24(19-47-13-12-41(5)6)15-29(34(46)39-33-20(2)8-11-30(35)38-33)43(27)31(45)18-42-28-10-9-23(25-16-36-22(4)37-17-25)14-26(28)32(40-42)21(3)44/h1,8-11,14,16-17,24,27,29H,12-13,15,18-19H2,2-6H3,(H,38,39,46)/t24-,27-,29+/m1/s1. The van der Waals surface area contributed by atoms with Gasteiger partial charge >= 0.3 is 0 Å². The van der Waals surface area contributed by atoms with Gasteiger partial charge in [-0.2, -0.15) is 5.10 Å². The number of ether oxygens (including phenoxy) is 1. The summed E-state index contributed by atoms with van der Waals surface area (Å²) < 4.78 is 8.00. The molecule has 13 heteroatoms. The van der Waals surface area contributed by atoms with Gasteiger partial charge in [0.05, 0.1) is 24.8 Å². The Morgan fingerprint density at radius 1 is 1.13 bits per heavy atom. The zero-order valence-electron chi connectivity index (χ0n) is 27.0. The van der Waals surface area contributed by atoms with Crippen molar-refractivity contribution in [3.8, 4) is 23.5 Å². The third kappa shape index (κ3) is 7.56. The molecule has 12 nitrogen and oxygen atoms in total. The van der Waals surface area contributed by atoms with Crippen LogP contribution in [0.25, 0.3) is 22.0 Å². The number of benzene rings is 1. The van der Waals surface area contributed by atoms with Gasteiger partial charge in [-0.3, -0.25) is 19.1 Å². The molecule has 0 bridgehead atoms. The van der Waals surface area contributed by atoms with Crippen molar-refractivity contribution in [2.24, 2.45) is 5.92 Å². The maximum Gasteiger partial charge on any atom is 0.248 e. The minimum absolute atomic E-state index is 0.232. The first kappa shape index (κ1) is 33.8. The largest absolute Gasteiger partial charge is 0.380 e. The summed E-state index contributed by atoms with van der Waals surface area (Å²) in [6.45, 7) is 6.33. The fourth-order valence-electron chi connectivity index (χ4n) is 5.69. The number of likely N-dealkylation sites (N-methyl/N-ethyl adjacent to an activating group) is 1. The molecule has 0 radical (unpaired) electrons. The molecule has 5 rings (SSSR count). The molecule has 0 saturated carbocycles. The van der Waals surface area contributed by atoms with E-state index >= 15 is 0 Å². The smallest absolute Gasteiger partial charge is 0.248 e. The van der Waals surface area contributed by atoms with Crippen molar-refractivity contribution < 1.29 is 19.1 Å². The summed E-state index contributed by atoms with van der Waals surface area (Å²) in [5.74, 6) is 2.46. The topological polar surface area (TPSA) is 135 Å². The number of fused-ring (bicyclic) bond motifs is 1. The van der Waals surface area contributed by atoms with Crippen molar-refractivity contribution in [2.45, 2.75) is 45.8 Å². The molecule has 3 aromatic heterocycles. The number of hydrogen-bond acceptors (Lipinski definition) is 9. The van der Waals surface area contributed by atoms with Gasteiger partial charge in [0.15, 0.2) is 5.78 Å². The highest BCUT2D eigenvalue weighted by atomic mass is 79.9. The number of terminal acetylenes is 1. The Balaban J connectivity index is 1.46. The summed E-state index contributed by atoms with van der Waals surface area (Å²) >= 11 is 3.36. The molecule has 0 aliphatic carbocycles. The zero-order chi connectivity index (χ0) is 33.8.